The highest BCUT2D eigenvalue weighted by Crippen LogP contribution is 2.27. The molecule has 1 aromatic heterocycles. The van der Waals surface area contributed by atoms with E-state index in [0.29, 0.717) is 11.5 Å². The zero-order valence-corrected chi connectivity index (χ0v) is 12.4. The Hall–Kier alpha value is -1.18. The van der Waals surface area contributed by atoms with Gasteiger partial charge in [-0.1, -0.05) is 11.3 Å². The third-order valence-corrected chi connectivity index (χ3v) is 4.20. The van der Waals surface area contributed by atoms with E-state index in [1.165, 1.54) is 11.3 Å². The highest BCUT2D eigenvalue weighted by molar-refractivity contribution is 7.17. The lowest BCUT2D eigenvalue weighted by atomic mass is 10.3. The molecule has 19 heavy (non-hydrogen) atoms. The number of hydrogen-bond acceptors (Lipinski definition) is 6. The van der Waals surface area contributed by atoms with Crippen molar-refractivity contribution in [1.29, 1.82) is 0 Å². The molecule has 0 aliphatic carbocycles. The van der Waals surface area contributed by atoms with E-state index in [2.05, 4.69) is 10.3 Å². The fourth-order valence-electron chi connectivity index (χ4n) is 1.94. The molecule has 1 aliphatic rings. The zero-order chi connectivity index (χ0) is 13.8. The molecule has 1 aliphatic heterocycles. The Morgan fingerprint density at radius 2 is 2.16 bits per heavy atom. The van der Waals surface area contributed by atoms with Crippen LogP contribution in [0.3, 0.4) is 0 Å². The minimum Gasteiger partial charge on any atom is -0.378 e. The molecule has 7 heteroatoms. The molecular formula is C12H20N4O2S. The Labute approximate surface area is 117 Å². The average molecular weight is 284 g/mol. The summed E-state index contributed by atoms with van der Waals surface area (Å²) in [4.78, 5) is 21.5. The van der Waals surface area contributed by atoms with Gasteiger partial charge in [0, 0.05) is 47.4 Å². The summed E-state index contributed by atoms with van der Waals surface area (Å²) in [6, 6.07) is 0. The number of ether oxygens (including phenoxy) is 1. The molecule has 2 heterocycles. The van der Waals surface area contributed by atoms with Gasteiger partial charge in [-0.3, -0.25) is 4.79 Å². The van der Waals surface area contributed by atoms with E-state index in [9.17, 15) is 4.79 Å². The molecule has 1 aromatic rings. The number of methoxy groups -OCH3 is 1. The number of rotatable bonds is 4. The van der Waals surface area contributed by atoms with E-state index < -0.39 is 0 Å². The van der Waals surface area contributed by atoms with Crippen LogP contribution in [0.25, 0.3) is 0 Å². The van der Waals surface area contributed by atoms with Crippen LogP contribution >= 0.6 is 11.3 Å². The fraction of sp³-hybridized carbons (Fsp3) is 0.667. The number of nitrogens with zero attached hydrogens (tertiary/aromatic N) is 3. The molecule has 1 N–H and O–H groups in total. The van der Waals surface area contributed by atoms with Crippen LogP contribution in [-0.4, -0.2) is 63.2 Å². The Kier molecular flexibility index (Phi) is 4.73. The van der Waals surface area contributed by atoms with Gasteiger partial charge in [0.25, 0.3) is 5.91 Å². The van der Waals surface area contributed by atoms with Crippen LogP contribution in [0.2, 0.25) is 0 Å². The number of hydrogen-bond donors (Lipinski definition) is 1. The summed E-state index contributed by atoms with van der Waals surface area (Å²) in [5.74, 6) is 0.0687. The normalized spacial score (nSPS) is 15.6. The molecule has 0 aromatic carbocycles. The lowest BCUT2D eigenvalue weighted by Crippen LogP contribution is -2.46. The molecule has 0 spiro atoms. The average Bonchev–Trinajstić information content (AvgIpc) is 2.84. The van der Waals surface area contributed by atoms with Crippen molar-refractivity contribution in [2.75, 3.05) is 52.3 Å². The Morgan fingerprint density at radius 1 is 1.47 bits per heavy atom. The Bertz CT molecular complexity index is 441. The summed E-state index contributed by atoms with van der Waals surface area (Å²) in [5.41, 5.74) is 0.736. The van der Waals surface area contributed by atoms with Crippen molar-refractivity contribution in [3.8, 4) is 0 Å². The summed E-state index contributed by atoms with van der Waals surface area (Å²) in [7, 11) is 5.47. The number of anilines is 1. The van der Waals surface area contributed by atoms with Crippen molar-refractivity contribution in [3.63, 3.8) is 0 Å². The first-order valence-electron chi connectivity index (χ1n) is 6.29. The summed E-state index contributed by atoms with van der Waals surface area (Å²) in [5, 5.41) is 4.08. The molecule has 1 saturated heterocycles. The van der Waals surface area contributed by atoms with Crippen LogP contribution in [0.4, 0.5) is 5.13 Å². The van der Waals surface area contributed by atoms with Gasteiger partial charge in [-0.15, -0.1) is 0 Å². The van der Waals surface area contributed by atoms with Gasteiger partial charge in [-0.05, 0) is 0 Å². The van der Waals surface area contributed by atoms with Crippen LogP contribution in [-0.2, 0) is 11.3 Å². The number of aromatic nitrogens is 1. The largest absolute Gasteiger partial charge is 0.378 e. The smallest absolute Gasteiger partial charge is 0.266 e. The SMILES string of the molecule is COCc1nc(N(C)C)sc1C(=O)N1CCNCC1. The maximum atomic E-state index is 12.5. The van der Waals surface area contributed by atoms with Crippen molar-refractivity contribution in [2.24, 2.45) is 0 Å². The third-order valence-electron chi connectivity index (χ3n) is 2.95. The molecule has 0 atom stereocenters. The van der Waals surface area contributed by atoms with E-state index in [1.54, 1.807) is 7.11 Å². The van der Waals surface area contributed by atoms with Gasteiger partial charge in [0.2, 0.25) is 0 Å². The quantitative estimate of drug-likeness (QED) is 0.867. The molecule has 2 rings (SSSR count). The standard InChI is InChI=1S/C12H20N4O2S/c1-15(2)12-14-9(8-18-3)10(19-12)11(17)16-6-4-13-5-7-16/h13H,4-8H2,1-3H3. The summed E-state index contributed by atoms with van der Waals surface area (Å²) in [6.07, 6.45) is 0. The first kappa shape index (κ1) is 14.2. The van der Waals surface area contributed by atoms with Gasteiger partial charge < -0.3 is 19.9 Å². The number of piperazine rings is 1. The first-order chi connectivity index (χ1) is 9.13. The van der Waals surface area contributed by atoms with Gasteiger partial charge in [0.15, 0.2) is 5.13 Å². The summed E-state index contributed by atoms with van der Waals surface area (Å²) >= 11 is 1.43. The topological polar surface area (TPSA) is 57.7 Å². The molecule has 0 bridgehead atoms. The van der Waals surface area contributed by atoms with Gasteiger partial charge in [-0.2, -0.15) is 0 Å². The second-order valence-electron chi connectivity index (χ2n) is 4.64. The van der Waals surface area contributed by atoms with Crippen LogP contribution in [0.15, 0.2) is 0 Å². The molecule has 0 radical (unpaired) electrons. The van der Waals surface area contributed by atoms with E-state index in [0.717, 1.165) is 37.0 Å². The Balaban J connectivity index is 2.23. The Morgan fingerprint density at radius 3 is 2.74 bits per heavy atom. The zero-order valence-electron chi connectivity index (χ0n) is 11.6. The maximum absolute atomic E-state index is 12.5. The van der Waals surface area contributed by atoms with Crippen LogP contribution in [0, 0.1) is 0 Å². The lowest BCUT2D eigenvalue weighted by molar-refractivity contribution is 0.0735. The highest BCUT2D eigenvalue weighted by Gasteiger charge is 2.24. The fourth-order valence-corrected chi connectivity index (χ4v) is 2.90. The van der Waals surface area contributed by atoms with Gasteiger partial charge in [0.1, 0.15) is 4.88 Å². The molecule has 106 valence electrons. The third kappa shape index (κ3) is 3.23. The van der Waals surface area contributed by atoms with Gasteiger partial charge >= 0.3 is 0 Å². The van der Waals surface area contributed by atoms with Gasteiger partial charge in [-0.25, -0.2) is 4.98 Å². The van der Waals surface area contributed by atoms with E-state index in [-0.39, 0.29) is 5.91 Å². The summed E-state index contributed by atoms with van der Waals surface area (Å²) < 4.78 is 5.14. The monoisotopic (exact) mass is 284 g/mol. The maximum Gasteiger partial charge on any atom is 0.266 e. The van der Waals surface area contributed by atoms with Crippen molar-refractivity contribution >= 4 is 22.4 Å². The second kappa shape index (κ2) is 6.31. The number of thiazole rings is 1. The molecule has 1 amide bonds. The van der Waals surface area contributed by atoms with Crippen molar-refractivity contribution < 1.29 is 9.53 Å². The number of amides is 1. The van der Waals surface area contributed by atoms with Crippen molar-refractivity contribution in [1.82, 2.24) is 15.2 Å². The van der Waals surface area contributed by atoms with Gasteiger partial charge in [0.05, 0.1) is 12.3 Å². The minimum absolute atomic E-state index is 0.0687. The first-order valence-corrected chi connectivity index (χ1v) is 7.11. The van der Waals surface area contributed by atoms with Crippen LogP contribution < -0.4 is 10.2 Å². The van der Waals surface area contributed by atoms with Crippen molar-refractivity contribution in [3.05, 3.63) is 10.6 Å². The number of carbonyl (C=O) groups is 1. The van der Waals surface area contributed by atoms with E-state index in [1.807, 2.05) is 23.9 Å². The molecular weight excluding hydrogens is 264 g/mol. The predicted molar refractivity (Wildman–Crippen MR) is 75.9 cm³/mol. The van der Waals surface area contributed by atoms with Crippen LogP contribution in [0.1, 0.15) is 15.4 Å². The summed E-state index contributed by atoms with van der Waals surface area (Å²) in [6.45, 7) is 3.58. The number of carbonyl (C=O) groups excluding carboxylic acids is 1. The molecule has 0 saturated carbocycles. The molecule has 0 unspecified atom stereocenters. The van der Waals surface area contributed by atoms with Crippen molar-refractivity contribution in [2.45, 2.75) is 6.61 Å². The highest BCUT2D eigenvalue weighted by atomic mass is 32.1. The molecule has 6 nitrogen and oxygen atoms in total. The van der Waals surface area contributed by atoms with E-state index >= 15 is 0 Å². The van der Waals surface area contributed by atoms with Crippen LogP contribution in [0.5, 0.6) is 0 Å². The van der Waals surface area contributed by atoms with E-state index in [4.69, 9.17) is 4.74 Å². The predicted octanol–water partition coefficient (Wildman–Crippen LogP) is 0.401. The number of nitrogens with one attached hydrogen (secondary N) is 1. The molecule has 1 fully saturated rings. The minimum atomic E-state index is 0.0687. The lowest BCUT2D eigenvalue weighted by Gasteiger charge is -2.27. The second-order valence-corrected chi connectivity index (χ2v) is 5.62.